The van der Waals surface area contributed by atoms with E-state index in [-0.39, 0.29) is 18.3 Å². The summed E-state index contributed by atoms with van der Waals surface area (Å²) in [5.74, 6) is 0.760. The molecule has 2 heterocycles. The molecule has 1 saturated heterocycles. The van der Waals surface area contributed by atoms with Gasteiger partial charge in [0.25, 0.3) is 0 Å². The molecule has 0 bridgehead atoms. The molecule has 0 aromatic carbocycles. The van der Waals surface area contributed by atoms with Crippen molar-refractivity contribution in [2.45, 2.75) is 19.8 Å². The van der Waals surface area contributed by atoms with Crippen LogP contribution in [0.25, 0.3) is 0 Å². The molecule has 1 aliphatic heterocycles. The molecule has 2 N–H and O–H groups in total. The predicted octanol–water partition coefficient (Wildman–Crippen LogP) is 1.11. The van der Waals surface area contributed by atoms with E-state index in [1.807, 2.05) is 20.0 Å². The molecule has 1 aliphatic rings. The highest BCUT2D eigenvalue weighted by molar-refractivity contribution is 5.95. The molecular formula is C13H23ClN4O2. The molecule has 0 atom stereocenters. The Balaban J connectivity index is 0.00000200. The van der Waals surface area contributed by atoms with E-state index in [0.717, 1.165) is 37.4 Å². The molecule has 0 saturated carbocycles. The minimum absolute atomic E-state index is 0. The van der Waals surface area contributed by atoms with E-state index >= 15 is 0 Å². The lowest BCUT2D eigenvalue weighted by Crippen LogP contribution is -2.47. The fourth-order valence-corrected chi connectivity index (χ4v) is 2.60. The van der Waals surface area contributed by atoms with Crippen LogP contribution in [0.3, 0.4) is 0 Å². The Kier molecular flexibility index (Phi) is 5.98. The van der Waals surface area contributed by atoms with Crippen molar-refractivity contribution in [3.63, 3.8) is 0 Å². The number of anilines is 1. The minimum Gasteiger partial charge on any atom is -0.384 e. The average molecular weight is 303 g/mol. The van der Waals surface area contributed by atoms with Crippen LogP contribution in [0.1, 0.15) is 18.5 Å². The molecule has 1 aromatic rings. The number of nitrogens with one attached hydrogen (secondary N) is 2. The number of aromatic nitrogens is 2. The summed E-state index contributed by atoms with van der Waals surface area (Å²) in [5.41, 5.74) is 0.460. The number of piperidine rings is 1. The van der Waals surface area contributed by atoms with Gasteiger partial charge >= 0.3 is 0 Å². The molecule has 0 unspecified atom stereocenters. The van der Waals surface area contributed by atoms with Crippen LogP contribution in [0, 0.1) is 12.3 Å². The quantitative estimate of drug-likeness (QED) is 0.874. The SMILES string of the molecule is COCC1(C(=O)Nc2cc(C)nn2C)CCNCC1.Cl. The van der Waals surface area contributed by atoms with Crippen molar-refractivity contribution in [1.82, 2.24) is 15.1 Å². The summed E-state index contributed by atoms with van der Waals surface area (Å²) >= 11 is 0. The average Bonchev–Trinajstić information content (AvgIpc) is 2.69. The number of ether oxygens (including phenoxy) is 1. The maximum absolute atomic E-state index is 12.6. The van der Waals surface area contributed by atoms with E-state index in [9.17, 15) is 4.79 Å². The molecule has 1 fully saturated rings. The van der Waals surface area contributed by atoms with Gasteiger partial charge < -0.3 is 15.4 Å². The molecule has 0 aliphatic carbocycles. The van der Waals surface area contributed by atoms with E-state index in [1.54, 1.807) is 11.8 Å². The fourth-order valence-electron chi connectivity index (χ4n) is 2.60. The summed E-state index contributed by atoms with van der Waals surface area (Å²) in [4.78, 5) is 12.6. The third-order valence-corrected chi connectivity index (χ3v) is 3.71. The van der Waals surface area contributed by atoms with Crippen LogP contribution in [0.4, 0.5) is 5.82 Å². The Hall–Kier alpha value is -1.11. The van der Waals surface area contributed by atoms with Crippen molar-refractivity contribution < 1.29 is 9.53 Å². The van der Waals surface area contributed by atoms with Gasteiger partial charge in [-0.3, -0.25) is 9.48 Å². The van der Waals surface area contributed by atoms with Gasteiger partial charge in [-0.2, -0.15) is 5.10 Å². The third kappa shape index (κ3) is 3.50. The smallest absolute Gasteiger partial charge is 0.234 e. The molecule has 1 amide bonds. The number of rotatable bonds is 4. The number of halogens is 1. The summed E-state index contributed by atoms with van der Waals surface area (Å²) in [6, 6.07) is 1.87. The highest BCUT2D eigenvalue weighted by Crippen LogP contribution is 2.30. The van der Waals surface area contributed by atoms with Gasteiger partial charge in [0, 0.05) is 20.2 Å². The van der Waals surface area contributed by atoms with E-state index in [0.29, 0.717) is 6.61 Å². The Morgan fingerprint density at radius 3 is 2.70 bits per heavy atom. The first-order chi connectivity index (χ1) is 9.07. The predicted molar refractivity (Wildman–Crippen MR) is 80.2 cm³/mol. The number of carbonyl (C=O) groups excluding carboxylic acids is 1. The number of aryl methyl sites for hydroxylation is 2. The molecule has 6 nitrogen and oxygen atoms in total. The summed E-state index contributed by atoms with van der Waals surface area (Å²) < 4.78 is 6.96. The third-order valence-electron chi connectivity index (χ3n) is 3.71. The molecular weight excluding hydrogens is 280 g/mol. The van der Waals surface area contributed by atoms with E-state index in [1.165, 1.54) is 0 Å². The molecule has 7 heteroatoms. The second-order valence-electron chi connectivity index (χ2n) is 5.21. The number of hydrogen-bond acceptors (Lipinski definition) is 4. The van der Waals surface area contributed by atoms with Crippen molar-refractivity contribution in [2.75, 3.05) is 32.1 Å². The first kappa shape index (κ1) is 16.9. The number of methoxy groups -OCH3 is 1. The molecule has 20 heavy (non-hydrogen) atoms. The summed E-state index contributed by atoms with van der Waals surface area (Å²) in [6.45, 7) is 4.06. The molecule has 2 rings (SSSR count). The fraction of sp³-hybridized carbons (Fsp3) is 0.692. The molecule has 1 aromatic heterocycles. The lowest BCUT2D eigenvalue weighted by atomic mass is 9.78. The van der Waals surface area contributed by atoms with E-state index < -0.39 is 5.41 Å². The van der Waals surface area contributed by atoms with Crippen molar-refractivity contribution in [1.29, 1.82) is 0 Å². The monoisotopic (exact) mass is 302 g/mol. The highest BCUT2D eigenvalue weighted by Gasteiger charge is 2.39. The second-order valence-corrected chi connectivity index (χ2v) is 5.21. The standard InChI is InChI=1S/C13H22N4O2.ClH/c1-10-8-11(17(2)16-10)15-12(18)13(9-19-3)4-6-14-7-5-13;/h8,14H,4-7,9H2,1-3H3,(H,15,18);1H. The van der Waals surface area contributed by atoms with Crippen LogP contribution in [-0.2, 0) is 16.6 Å². The largest absolute Gasteiger partial charge is 0.384 e. The minimum atomic E-state index is -0.432. The number of nitrogens with zero attached hydrogens (tertiary/aromatic N) is 2. The van der Waals surface area contributed by atoms with Gasteiger partial charge in [0.1, 0.15) is 5.82 Å². The summed E-state index contributed by atoms with van der Waals surface area (Å²) in [5, 5.41) is 10.5. The topological polar surface area (TPSA) is 68.2 Å². The second kappa shape index (κ2) is 7.06. The highest BCUT2D eigenvalue weighted by atomic mass is 35.5. The van der Waals surface area contributed by atoms with Gasteiger partial charge in [-0.15, -0.1) is 12.4 Å². The molecule has 0 spiro atoms. The van der Waals surface area contributed by atoms with Crippen LogP contribution in [0.15, 0.2) is 6.07 Å². The zero-order valence-corrected chi connectivity index (χ0v) is 13.0. The van der Waals surface area contributed by atoms with Crippen LogP contribution in [-0.4, -0.2) is 42.5 Å². The van der Waals surface area contributed by atoms with E-state index in [4.69, 9.17) is 4.74 Å². The van der Waals surface area contributed by atoms with Crippen molar-refractivity contribution in [3.8, 4) is 0 Å². The normalized spacial score (nSPS) is 17.4. The van der Waals surface area contributed by atoms with Crippen LogP contribution < -0.4 is 10.6 Å². The van der Waals surface area contributed by atoms with Gasteiger partial charge in [-0.05, 0) is 32.9 Å². The van der Waals surface area contributed by atoms with Crippen LogP contribution in [0.5, 0.6) is 0 Å². The van der Waals surface area contributed by atoms with Gasteiger partial charge in [0.2, 0.25) is 5.91 Å². The first-order valence-electron chi connectivity index (χ1n) is 6.59. The van der Waals surface area contributed by atoms with Crippen molar-refractivity contribution in [3.05, 3.63) is 11.8 Å². The number of carbonyl (C=O) groups is 1. The maximum atomic E-state index is 12.6. The molecule has 114 valence electrons. The Bertz CT molecular complexity index is 450. The van der Waals surface area contributed by atoms with Crippen LogP contribution in [0.2, 0.25) is 0 Å². The van der Waals surface area contributed by atoms with Gasteiger partial charge in [0.15, 0.2) is 0 Å². The van der Waals surface area contributed by atoms with Gasteiger partial charge in [-0.25, -0.2) is 0 Å². The van der Waals surface area contributed by atoms with Crippen molar-refractivity contribution in [2.24, 2.45) is 12.5 Å². The Morgan fingerprint density at radius 1 is 1.55 bits per heavy atom. The van der Waals surface area contributed by atoms with E-state index in [2.05, 4.69) is 15.7 Å². The Labute approximate surface area is 125 Å². The number of amides is 1. The lowest BCUT2D eigenvalue weighted by molar-refractivity contribution is -0.130. The lowest BCUT2D eigenvalue weighted by Gasteiger charge is -2.35. The van der Waals surface area contributed by atoms with Gasteiger partial charge in [0.05, 0.1) is 17.7 Å². The maximum Gasteiger partial charge on any atom is 0.234 e. The number of hydrogen-bond donors (Lipinski definition) is 2. The first-order valence-corrected chi connectivity index (χ1v) is 6.59. The zero-order chi connectivity index (χ0) is 13.9. The van der Waals surface area contributed by atoms with Crippen LogP contribution >= 0.6 is 12.4 Å². The van der Waals surface area contributed by atoms with Crippen molar-refractivity contribution >= 4 is 24.1 Å². The zero-order valence-electron chi connectivity index (χ0n) is 12.2. The molecule has 0 radical (unpaired) electrons. The summed E-state index contributed by atoms with van der Waals surface area (Å²) in [7, 11) is 3.47. The Morgan fingerprint density at radius 2 is 2.20 bits per heavy atom. The van der Waals surface area contributed by atoms with Gasteiger partial charge in [-0.1, -0.05) is 0 Å². The summed E-state index contributed by atoms with van der Waals surface area (Å²) in [6.07, 6.45) is 1.59.